The topological polar surface area (TPSA) is 107 Å². The van der Waals surface area contributed by atoms with Crippen LogP contribution >= 0.6 is 0 Å². The zero-order chi connectivity index (χ0) is 30.4. The quantitative estimate of drug-likeness (QED) is 0.537. The number of aromatic nitrogens is 1. The van der Waals surface area contributed by atoms with Crippen LogP contribution in [0.2, 0.25) is 0 Å². The standard InChI is InChI=1S/C33H43N5O5/c1-18(2)13-26-30(40)37-12-8-11-27(37)33(42-6)38(26)31(41)32(43-33,19(3)4)35-29(39)21-14-23-22-9-7-10-24-28(22)20(16-34-24)15-25(23)36(5)17-21/h7,9-10,14,16,18-19,21,25-27,34H,8,11-13,15,17H2,1-6H3,(H,35,39). The smallest absolute Gasteiger partial charge is 0.281 e. The Morgan fingerprint density at radius 1 is 1.23 bits per heavy atom. The van der Waals surface area contributed by atoms with E-state index in [-0.39, 0.29) is 23.8 Å². The Labute approximate surface area is 252 Å². The Bertz CT molecular complexity index is 1530. The Morgan fingerprint density at radius 2 is 2.02 bits per heavy atom. The number of nitrogens with zero attached hydrogens (tertiary/aromatic N) is 3. The fraction of sp³-hybridized carbons (Fsp3) is 0.606. The highest BCUT2D eigenvalue weighted by molar-refractivity contribution is 6.01. The molecule has 0 spiro atoms. The number of carbonyl (C=O) groups excluding carboxylic acids is 3. The summed E-state index contributed by atoms with van der Waals surface area (Å²) in [5.74, 6) is -2.95. The number of fused-ring (bicyclic) bond motifs is 5. The summed E-state index contributed by atoms with van der Waals surface area (Å²) < 4.78 is 12.9. The second kappa shape index (κ2) is 9.90. The molecule has 6 atom stereocenters. The fourth-order valence-corrected chi connectivity index (χ4v) is 8.35. The van der Waals surface area contributed by atoms with Gasteiger partial charge in [0.2, 0.25) is 17.5 Å². The molecule has 10 nitrogen and oxygen atoms in total. The molecule has 5 aliphatic rings. The first-order valence-corrected chi connectivity index (χ1v) is 15.7. The molecule has 1 aromatic carbocycles. The molecule has 1 aliphatic carbocycles. The first-order valence-electron chi connectivity index (χ1n) is 15.7. The lowest BCUT2D eigenvalue weighted by Crippen LogP contribution is -2.72. The molecular weight excluding hydrogens is 546 g/mol. The molecule has 4 aliphatic heterocycles. The average Bonchev–Trinajstić information content (AvgIpc) is 3.69. The number of likely N-dealkylation sites (N-methyl/N-ethyl adjacent to an activating group) is 1. The highest BCUT2D eigenvalue weighted by Gasteiger charge is 2.72. The first kappa shape index (κ1) is 28.6. The van der Waals surface area contributed by atoms with Crippen LogP contribution in [0.5, 0.6) is 0 Å². The highest BCUT2D eigenvalue weighted by atomic mass is 16.8. The van der Waals surface area contributed by atoms with Crippen LogP contribution in [0.4, 0.5) is 0 Å². The van der Waals surface area contributed by atoms with E-state index in [0.717, 1.165) is 29.5 Å². The number of H-pyrrole nitrogens is 1. The van der Waals surface area contributed by atoms with Crippen molar-refractivity contribution in [1.29, 1.82) is 0 Å². The predicted octanol–water partition coefficient (Wildman–Crippen LogP) is 3.08. The number of amides is 3. The van der Waals surface area contributed by atoms with E-state index in [0.29, 0.717) is 25.9 Å². The molecule has 230 valence electrons. The predicted molar refractivity (Wildman–Crippen MR) is 161 cm³/mol. The van der Waals surface area contributed by atoms with Crippen LogP contribution < -0.4 is 5.32 Å². The second-order valence-electron chi connectivity index (χ2n) is 13.8. The minimum Gasteiger partial charge on any atom is -0.361 e. The summed E-state index contributed by atoms with van der Waals surface area (Å²) in [4.78, 5) is 51.7. The van der Waals surface area contributed by atoms with Crippen LogP contribution in [0.1, 0.15) is 58.1 Å². The van der Waals surface area contributed by atoms with Gasteiger partial charge in [-0.25, -0.2) is 0 Å². The molecular formula is C33H43N5O5. The van der Waals surface area contributed by atoms with Crippen molar-refractivity contribution in [2.24, 2.45) is 17.8 Å². The molecule has 0 radical (unpaired) electrons. The zero-order valence-corrected chi connectivity index (χ0v) is 26.0. The number of nitrogens with one attached hydrogen (secondary N) is 2. The van der Waals surface area contributed by atoms with E-state index in [9.17, 15) is 14.4 Å². The Kier molecular flexibility index (Phi) is 6.58. The van der Waals surface area contributed by atoms with Gasteiger partial charge in [0.05, 0.1) is 5.92 Å². The van der Waals surface area contributed by atoms with Crippen molar-refractivity contribution in [3.63, 3.8) is 0 Å². The number of carbonyl (C=O) groups is 3. The van der Waals surface area contributed by atoms with Gasteiger partial charge in [-0.15, -0.1) is 0 Å². The van der Waals surface area contributed by atoms with Gasteiger partial charge < -0.3 is 19.9 Å². The molecule has 5 heterocycles. The molecule has 2 N–H and O–H groups in total. The normalized spacial score (nSPS) is 33.7. The molecule has 3 amide bonds. The minimum absolute atomic E-state index is 0.0630. The van der Waals surface area contributed by atoms with Crippen LogP contribution in [0.25, 0.3) is 16.5 Å². The van der Waals surface area contributed by atoms with Gasteiger partial charge >= 0.3 is 0 Å². The summed E-state index contributed by atoms with van der Waals surface area (Å²) in [6, 6.07) is 5.27. The molecule has 1 aromatic heterocycles. The Morgan fingerprint density at radius 3 is 2.74 bits per heavy atom. The van der Waals surface area contributed by atoms with Gasteiger partial charge in [0.15, 0.2) is 0 Å². The molecule has 7 rings (SSSR count). The molecule has 3 saturated heterocycles. The van der Waals surface area contributed by atoms with Crippen molar-refractivity contribution >= 4 is 34.2 Å². The van der Waals surface area contributed by atoms with Crippen LogP contribution in [0.3, 0.4) is 0 Å². The molecule has 10 heteroatoms. The summed E-state index contributed by atoms with van der Waals surface area (Å²) in [7, 11) is 3.60. The van der Waals surface area contributed by atoms with Crippen molar-refractivity contribution in [3.8, 4) is 0 Å². The van der Waals surface area contributed by atoms with Crippen LogP contribution in [-0.4, -0.2) is 94.4 Å². The number of hydrogen-bond acceptors (Lipinski definition) is 6. The van der Waals surface area contributed by atoms with E-state index in [1.165, 1.54) is 18.1 Å². The third-order valence-corrected chi connectivity index (χ3v) is 10.4. The molecule has 43 heavy (non-hydrogen) atoms. The van der Waals surface area contributed by atoms with E-state index in [1.807, 2.05) is 38.7 Å². The molecule has 0 bridgehead atoms. The lowest BCUT2D eigenvalue weighted by Gasteiger charge is -2.51. The van der Waals surface area contributed by atoms with Crippen molar-refractivity contribution in [2.45, 2.75) is 83.1 Å². The van der Waals surface area contributed by atoms with Gasteiger partial charge in [-0.1, -0.05) is 45.9 Å². The van der Waals surface area contributed by atoms with Gasteiger partial charge in [-0.2, -0.15) is 0 Å². The summed E-state index contributed by atoms with van der Waals surface area (Å²) in [5, 5.41) is 4.33. The van der Waals surface area contributed by atoms with Crippen LogP contribution in [-0.2, 0) is 30.3 Å². The molecule has 2 aromatic rings. The summed E-state index contributed by atoms with van der Waals surface area (Å²) in [6.07, 6.45) is 7.00. The molecule has 0 saturated carbocycles. The van der Waals surface area contributed by atoms with Crippen LogP contribution in [0.15, 0.2) is 30.5 Å². The van der Waals surface area contributed by atoms with Gasteiger partial charge in [-0.3, -0.25) is 28.9 Å². The van der Waals surface area contributed by atoms with E-state index >= 15 is 0 Å². The maximum absolute atomic E-state index is 14.6. The highest BCUT2D eigenvalue weighted by Crippen LogP contribution is 2.50. The SMILES string of the molecule is COC12OC(NC(=O)C3C=C4c5cccc6[nH]cc(c56)CC4N(C)C3)(C(C)C)C(=O)N1C(CC(C)C)C(=O)N1CCCC12. The zero-order valence-electron chi connectivity index (χ0n) is 26.0. The summed E-state index contributed by atoms with van der Waals surface area (Å²) in [5.41, 5.74) is 3.00. The second-order valence-corrected chi connectivity index (χ2v) is 13.8. The monoisotopic (exact) mass is 589 g/mol. The molecule has 6 unspecified atom stereocenters. The maximum Gasteiger partial charge on any atom is 0.281 e. The minimum atomic E-state index is -1.67. The average molecular weight is 590 g/mol. The Balaban J connectivity index is 1.26. The largest absolute Gasteiger partial charge is 0.361 e. The number of benzene rings is 1. The number of rotatable bonds is 6. The number of piperazine rings is 1. The summed E-state index contributed by atoms with van der Waals surface area (Å²) >= 11 is 0. The van der Waals surface area contributed by atoms with Crippen molar-refractivity contribution in [1.82, 2.24) is 25.0 Å². The van der Waals surface area contributed by atoms with E-state index in [2.05, 4.69) is 46.7 Å². The first-order chi connectivity index (χ1) is 20.5. The maximum atomic E-state index is 14.6. The summed E-state index contributed by atoms with van der Waals surface area (Å²) in [6.45, 7) is 8.96. The number of methoxy groups -OCH3 is 1. The third-order valence-electron chi connectivity index (χ3n) is 10.4. The van der Waals surface area contributed by atoms with E-state index in [1.54, 1.807) is 4.90 Å². The molecule has 3 fully saturated rings. The van der Waals surface area contributed by atoms with Crippen LogP contribution in [0, 0.1) is 17.8 Å². The fourth-order valence-electron chi connectivity index (χ4n) is 8.35. The van der Waals surface area contributed by atoms with Gasteiger partial charge in [-0.05, 0) is 61.4 Å². The van der Waals surface area contributed by atoms with Crippen molar-refractivity contribution in [2.75, 3.05) is 27.2 Å². The van der Waals surface area contributed by atoms with Crippen molar-refractivity contribution < 1.29 is 23.9 Å². The van der Waals surface area contributed by atoms with Gasteiger partial charge in [0, 0.05) is 49.3 Å². The number of aromatic amines is 1. The third kappa shape index (κ3) is 3.92. The van der Waals surface area contributed by atoms with E-state index < -0.39 is 41.5 Å². The van der Waals surface area contributed by atoms with Gasteiger partial charge in [0.25, 0.3) is 11.8 Å². The lowest BCUT2D eigenvalue weighted by atomic mass is 9.79. The Hall–Kier alpha value is -3.21. The van der Waals surface area contributed by atoms with Crippen molar-refractivity contribution in [3.05, 3.63) is 41.6 Å². The van der Waals surface area contributed by atoms with Gasteiger partial charge in [0.1, 0.15) is 12.1 Å². The lowest BCUT2D eigenvalue weighted by molar-refractivity contribution is -0.333. The number of hydrogen-bond donors (Lipinski definition) is 2. The van der Waals surface area contributed by atoms with E-state index in [4.69, 9.17) is 9.47 Å². The number of ether oxygens (including phenoxy) is 2.